The summed E-state index contributed by atoms with van der Waals surface area (Å²) in [4.78, 5) is 67.7. The molecule has 0 spiro atoms. The van der Waals surface area contributed by atoms with Gasteiger partial charge in [-0.25, -0.2) is 9.78 Å². The Balaban J connectivity index is 2.99. The number of nitrogens with one attached hydrogen (secondary N) is 4. The molecule has 0 aliphatic carbocycles. The molecule has 35 heavy (non-hydrogen) atoms. The van der Waals surface area contributed by atoms with Crippen molar-refractivity contribution in [3.8, 4) is 0 Å². The van der Waals surface area contributed by atoms with Gasteiger partial charge in [-0.2, -0.15) is 0 Å². The van der Waals surface area contributed by atoms with Gasteiger partial charge in [-0.15, -0.1) is 0 Å². The number of amides is 3. The number of H-pyrrole nitrogens is 1. The molecule has 8 N–H and O–H groups in total. The number of nitrogens with two attached hydrogens (primary N) is 1. The molecule has 1 aromatic rings. The second-order valence-electron chi connectivity index (χ2n) is 8.82. The molecule has 5 atom stereocenters. The Kier molecular flexibility index (Phi) is 11.9. The van der Waals surface area contributed by atoms with Crippen molar-refractivity contribution in [2.75, 3.05) is 0 Å². The van der Waals surface area contributed by atoms with Crippen LogP contribution in [0.4, 0.5) is 0 Å². The van der Waals surface area contributed by atoms with Gasteiger partial charge in [0, 0.05) is 24.7 Å². The van der Waals surface area contributed by atoms with Crippen molar-refractivity contribution in [1.82, 2.24) is 25.9 Å². The van der Waals surface area contributed by atoms with Gasteiger partial charge in [-0.1, -0.05) is 34.1 Å². The molecule has 0 bridgehead atoms. The van der Waals surface area contributed by atoms with Crippen molar-refractivity contribution in [3.05, 3.63) is 18.2 Å². The highest BCUT2D eigenvalue weighted by molar-refractivity contribution is 5.94. The highest BCUT2D eigenvalue weighted by Gasteiger charge is 2.32. The van der Waals surface area contributed by atoms with E-state index < -0.39 is 60.2 Å². The second-order valence-corrected chi connectivity index (χ2v) is 8.82. The lowest BCUT2D eigenvalue weighted by Gasteiger charge is -2.27. The van der Waals surface area contributed by atoms with E-state index in [4.69, 9.17) is 10.8 Å². The van der Waals surface area contributed by atoms with E-state index in [1.165, 1.54) is 12.5 Å². The summed E-state index contributed by atoms with van der Waals surface area (Å²) < 4.78 is 0. The summed E-state index contributed by atoms with van der Waals surface area (Å²) in [6.07, 6.45) is 2.60. The van der Waals surface area contributed by atoms with Gasteiger partial charge in [-0.3, -0.25) is 19.2 Å². The van der Waals surface area contributed by atoms with Crippen LogP contribution in [0.15, 0.2) is 12.5 Å². The van der Waals surface area contributed by atoms with E-state index in [1.54, 1.807) is 13.8 Å². The number of hydrogen-bond acceptors (Lipinski definition) is 7. The Morgan fingerprint density at radius 1 is 1.00 bits per heavy atom. The van der Waals surface area contributed by atoms with E-state index in [-0.39, 0.29) is 24.7 Å². The van der Waals surface area contributed by atoms with Gasteiger partial charge in [0.15, 0.2) is 0 Å². The molecule has 0 aromatic carbocycles. The number of nitrogens with zero attached hydrogens (tertiary/aromatic N) is 1. The highest BCUT2D eigenvalue weighted by atomic mass is 16.4. The number of rotatable bonds is 15. The number of carboxylic acids is 2. The van der Waals surface area contributed by atoms with Crippen molar-refractivity contribution in [2.45, 2.75) is 77.5 Å². The summed E-state index contributed by atoms with van der Waals surface area (Å²) in [6.45, 7) is 7.07. The first kappa shape index (κ1) is 29.6. The third-order valence-electron chi connectivity index (χ3n) is 5.68. The van der Waals surface area contributed by atoms with Crippen LogP contribution in [-0.2, 0) is 30.4 Å². The lowest BCUT2D eigenvalue weighted by atomic mass is 9.97. The number of hydrogen-bond donors (Lipinski definition) is 7. The maximum atomic E-state index is 13.0. The molecule has 0 aliphatic rings. The zero-order chi connectivity index (χ0) is 26.7. The molecule has 3 amide bonds. The minimum Gasteiger partial charge on any atom is -0.481 e. The van der Waals surface area contributed by atoms with Crippen LogP contribution in [0.25, 0.3) is 0 Å². The van der Waals surface area contributed by atoms with Crippen molar-refractivity contribution in [1.29, 1.82) is 0 Å². The first-order valence-electron chi connectivity index (χ1n) is 11.5. The molecule has 0 fully saturated rings. The minimum absolute atomic E-state index is 0.0984. The number of carbonyl (C=O) groups is 5. The van der Waals surface area contributed by atoms with E-state index in [0.717, 1.165) is 0 Å². The smallest absolute Gasteiger partial charge is 0.326 e. The Hall–Kier alpha value is -3.48. The lowest BCUT2D eigenvalue weighted by molar-refractivity contribution is -0.143. The largest absolute Gasteiger partial charge is 0.481 e. The number of imidazole rings is 1. The molecule has 1 heterocycles. The van der Waals surface area contributed by atoms with Crippen LogP contribution in [0.2, 0.25) is 0 Å². The topological polar surface area (TPSA) is 217 Å². The Morgan fingerprint density at radius 2 is 1.63 bits per heavy atom. The van der Waals surface area contributed by atoms with Crippen LogP contribution in [-0.4, -0.2) is 74.0 Å². The standard InChI is InChI=1S/C22H36N6O7/c1-5-12(4)17(23)20(32)28-18(11(2)3)21(33)26-14(6-7-16(29)30)19(31)27-15(22(34)35)8-13-9-24-10-25-13/h9-12,14-15,17-18H,5-8,23H2,1-4H3,(H,24,25)(H,26,33)(H,27,31)(H,28,32)(H,29,30)(H,34,35). The van der Waals surface area contributed by atoms with Gasteiger partial charge >= 0.3 is 11.9 Å². The number of carbonyl (C=O) groups excluding carboxylic acids is 3. The molecule has 13 nitrogen and oxygen atoms in total. The minimum atomic E-state index is -1.35. The maximum Gasteiger partial charge on any atom is 0.326 e. The summed E-state index contributed by atoms with van der Waals surface area (Å²) in [5, 5.41) is 25.9. The fourth-order valence-electron chi connectivity index (χ4n) is 3.18. The van der Waals surface area contributed by atoms with Gasteiger partial charge in [0.05, 0.1) is 12.4 Å². The van der Waals surface area contributed by atoms with Crippen molar-refractivity contribution < 1.29 is 34.2 Å². The van der Waals surface area contributed by atoms with E-state index in [1.807, 2.05) is 13.8 Å². The number of aliphatic carboxylic acids is 2. The highest BCUT2D eigenvalue weighted by Crippen LogP contribution is 2.09. The average Bonchev–Trinajstić information content (AvgIpc) is 3.30. The predicted molar refractivity (Wildman–Crippen MR) is 125 cm³/mol. The molecule has 0 radical (unpaired) electrons. The van der Waals surface area contributed by atoms with E-state index in [9.17, 15) is 29.1 Å². The fourth-order valence-corrected chi connectivity index (χ4v) is 3.18. The van der Waals surface area contributed by atoms with Crippen LogP contribution >= 0.6 is 0 Å². The number of aromatic amines is 1. The zero-order valence-corrected chi connectivity index (χ0v) is 20.4. The van der Waals surface area contributed by atoms with Crippen molar-refractivity contribution in [3.63, 3.8) is 0 Å². The van der Waals surface area contributed by atoms with E-state index in [2.05, 4.69) is 25.9 Å². The quantitative estimate of drug-likeness (QED) is 0.164. The molecule has 13 heteroatoms. The summed E-state index contributed by atoms with van der Waals surface area (Å²) in [6, 6.07) is -4.57. The molecule has 0 saturated carbocycles. The number of aromatic nitrogens is 2. The SMILES string of the molecule is CCC(C)C(N)C(=O)NC(C(=O)NC(CCC(=O)O)C(=O)NC(Cc1cnc[nH]1)C(=O)O)C(C)C. The second kappa shape index (κ2) is 14.0. The van der Waals surface area contributed by atoms with Crippen LogP contribution in [0.5, 0.6) is 0 Å². The normalized spacial score (nSPS) is 15.4. The van der Waals surface area contributed by atoms with Crippen LogP contribution < -0.4 is 21.7 Å². The summed E-state index contributed by atoms with van der Waals surface area (Å²) in [5.41, 5.74) is 6.42. The van der Waals surface area contributed by atoms with Crippen LogP contribution in [0.1, 0.15) is 52.7 Å². The molecular weight excluding hydrogens is 460 g/mol. The molecule has 0 aliphatic heterocycles. The molecule has 1 rings (SSSR count). The Morgan fingerprint density at radius 3 is 2.11 bits per heavy atom. The molecule has 1 aromatic heterocycles. The summed E-state index contributed by atoms with van der Waals surface area (Å²) >= 11 is 0. The monoisotopic (exact) mass is 496 g/mol. The summed E-state index contributed by atoms with van der Waals surface area (Å²) in [5.74, 6) is -5.11. The molecule has 0 saturated heterocycles. The average molecular weight is 497 g/mol. The zero-order valence-electron chi connectivity index (χ0n) is 20.4. The van der Waals surface area contributed by atoms with Gasteiger partial charge in [0.25, 0.3) is 0 Å². The molecule has 5 unspecified atom stereocenters. The van der Waals surface area contributed by atoms with Gasteiger partial charge in [0.1, 0.15) is 18.1 Å². The van der Waals surface area contributed by atoms with Gasteiger partial charge < -0.3 is 36.9 Å². The van der Waals surface area contributed by atoms with Gasteiger partial charge in [-0.05, 0) is 18.3 Å². The van der Waals surface area contributed by atoms with Crippen LogP contribution in [0, 0.1) is 11.8 Å². The first-order valence-corrected chi connectivity index (χ1v) is 11.5. The van der Waals surface area contributed by atoms with Gasteiger partial charge in [0.2, 0.25) is 17.7 Å². The first-order chi connectivity index (χ1) is 16.4. The van der Waals surface area contributed by atoms with Crippen molar-refractivity contribution in [2.24, 2.45) is 17.6 Å². The predicted octanol–water partition coefficient (Wildman–Crippen LogP) is -0.615. The molecule has 196 valence electrons. The fraction of sp³-hybridized carbons (Fsp3) is 0.636. The van der Waals surface area contributed by atoms with E-state index >= 15 is 0 Å². The third kappa shape index (κ3) is 9.73. The molecular formula is C22H36N6O7. The third-order valence-corrected chi connectivity index (χ3v) is 5.68. The number of carboxylic acid groups (broad SMARTS) is 2. The van der Waals surface area contributed by atoms with Crippen LogP contribution in [0.3, 0.4) is 0 Å². The van der Waals surface area contributed by atoms with Crippen molar-refractivity contribution >= 4 is 29.7 Å². The Bertz CT molecular complexity index is 874. The lowest BCUT2D eigenvalue weighted by Crippen LogP contribution is -2.59. The van der Waals surface area contributed by atoms with E-state index in [0.29, 0.717) is 12.1 Å². The maximum absolute atomic E-state index is 13.0. The summed E-state index contributed by atoms with van der Waals surface area (Å²) in [7, 11) is 0. The Labute approximate surface area is 203 Å².